The normalized spacial score (nSPS) is 10.1. The lowest BCUT2D eigenvalue weighted by molar-refractivity contribution is -0.113. The maximum atomic E-state index is 11.4. The summed E-state index contributed by atoms with van der Waals surface area (Å²) in [5, 5.41) is 2.87. The number of anilines is 1. The van der Waals surface area contributed by atoms with E-state index in [1.807, 2.05) is 32.2 Å². The fourth-order valence-electron chi connectivity index (χ4n) is 1.35. The lowest BCUT2D eigenvalue weighted by Crippen LogP contribution is -2.14. The first-order valence-electron chi connectivity index (χ1n) is 4.60. The monoisotopic (exact) mass is 287 g/mol. The van der Waals surface area contributed by atoms with Gasteiger partial charge < -0.3 is 5.32 Å². The van der Waals surface area contributed by atoms with Gasteiger partial charge in [-0.3, -0.25) is 4.79 Å². The summed E-state index contributed by atoms with van der Waals surface area (Å²) < 4.78 is 1.10. The number of amides is 1. The second kappa shape index (κ2) is 5.56. The lowest BCUT2D eigenvalue weighted by Gasteiger charge is -2.09. The maximum absolute atomic E-state index is 11.4. The Balaban J connectivity index is 2.83. The van der Waals surface area contributed by atoms with Crippen molar-refractivity contribution in [3.63, 3.8) is 0 Å². The molecule has 1 rings (SSSR count). The molecule has 0 unspecified atom stereocenters. The topological polar surface area (TPSA) is 29.1 Å². The Morgan fingerprint density at radius 2 is 1.93 bits per heavy atom. The van der Waals surface area contributed by atoms with Crippen LogP contribution in [0.1, 0.15) is 11.1 Å². The van der Waals surface area contributed by atoms with Crippen molar-refractivity contribution in [3.8, 4) is 0 Å². The number of hydrogen-bond donors (Lipinski definition) is 1. The van der Waals surface area contributed by atoms with Gasteiger partial charge in [-0.25, -0.2) is 0 Å². The van der Waals surface area contributed by atoms with Crippen LogP contribution in [0.3, 0.4) is 0 Å². The number of carbonyl (C=O) groups excluding carboxylic acids is 1. The summed E-state index contributed by atoms with van der Waals surface area (Å²) in [6.45, 7) is 4.03. The zero-order valence-corrected chi connectivity index (χ0v) is 11.5. The van der Waals surface area contributed by atoms with Crippen molar-refractivity contribution in [1.29, 1.82) is 0 Å². The van der Waals surface area contributed by atoms with Gasteiger partial charge in [0.05, 0.1) is 5.75 Å². The van der Waals surface area contributed by atoms with Crippen LogP contribution in [0.15, 0.2) is 16.6 Å². The Morgan fingerprint density at radius 1 is 1.40 bits per heavy atom. The molecule has 4 heteroatoms. The Bertz CT molecular complexity index is 356. The largest absolute Gasteiger partial charge is 0.325 e. The average molecular weight is 288 g/mol. The van der Waals surface area contributed by atoms with E-state index >= 15 is 0 Å². The van der Waals surface area contributed by atoms with Gasteiger partial charge in [0.2, 0.25) is 5.91 Å². The van der Waals surface area contributed by atoms with E-state index in [2.05, 4.69) is 21.2 Å². The van der Waals surface area contributed by atoms with Gasteiger partial charge >= 0.3 is 0 Å². The minimum atomic E-state index is 0.0450. The number of carbonyl (C=O) groups is 1. The van der Waals surface area contributed by atoms with Crippen LogP contribution < -0.4 is 5.32 Å². The van der Waals surface area contributed by atoms with E-state index in [-0.39, 0.29) is 5.91 Å². The van der Waals surface area contributed by atoms with Crippen LogP contribution in [0.5, 0.6) is 0 Å². The van der Waals surface area contributed by atoms with E-state index < -0.39 is 0 Å². The Morgan fingerprint density at radius 3 is 2.40 bits per heavy atom. The zero-order chi connectivity index (χ0) is 11.4. The van der Waals surface area contributed by atoms with Crippen LogP contribution in [0, 0.1) is 13.8 Å². The van der Waals surface area contributed by atoms with E-state index in [0.717, 1.165) is 21.3 Å². The van der Waals surface area contributed by atoms with Crippen LogP contribution in [0.2, 0.25) is 0 Å². The van der Waals surface area contributed by atoms with Crippen LogP contribution in [-0.2, 0) is 4.79 Å². The standard InChI is InChI=1S/C11H14BrNOS/c1-7-4-9(5-8(2)11(7)12)13-10(14)6-15-3/h4-5H,6H2,1-3H3,(H,13,14). The average Bonchev–Trinajstić information content (AvgIpc) is 2.14. The SMILES string of the molecule is CSCC(=O)Nc1cc(C)c(Br)c(C)c1. The quantitative estimate of drug-likeness (QED) is 0.924. The van der Waals surface area contributed by atoms with Crippen molar-refractivity contribution in [2.75, 3.05) is 17.3 Å². The molecule has 1 aromatic carbocycles. The third-order valence-electron chi connectivity index (χ3n) is 2.00. The smallest absolute Gasteiger partial charge is 0.234 e. The second-order valence-corrected chi connectivity index (χ2v) is 5.06. The van der Waals surface area contributed by atoms with Crippen molar-refractivity contribution in [1.82, 2.24) is 0 Å². The number of rotatable bonds is 3. The highest BCUT2D eigenvalue weighted by molar-refractivity contribution is 9.10. The molecule has 0 fully saturated rings. The summed E-state index contributed by atoms with van der Waals surface area (Å²) in [4.78, 5) is 11.4. The number of aryl methyl sites for hydroxylation is 2. The molecule has 1 aromatic rings. The van der Waals surface area contributed by atoms with E-state index in [1.54, 1.807) is 0 Å². The molecule has 0 atom stereocenters. The third-order valence-corrected chi connectivity index (χ3v) is 3.80. The van der Waals surface area contributed by atoms with Gasteiger partial charge in [0, 0.05) is 10.2 Å². The molecule has 1 N–H and O–H groups in total. The molecule has 0 aliphatic rings. The minimum Gasteiger partial charge on any atom is -0.325 e. The van der Waals surface area contributed by atoms with Gasteiger partial charge in [0.15, 0.2) is 0 Å². The summed E-state index contributed by atoms with van der Waals surface area (Å²) in [6.07, 6.45) is 1.91. The van der Waals surface area contributed by atoms with Gasteiger partial charge in [-0.1, -0.05) is 15.9 Å². The number of nitrogens with one attached hydrogen (secondary N) is 1. The van der Waals surface area contributed by atoms with Gasteiger partial charge in [-0.05, 0) is 43.4 Å². The molecule has 1 amide bonds. The highest BCUT2D eigenvalue weighted by Crippen LogP contribution is 2.24. The third kappa shape index (κ3) is 3.54. The molecule has 2 nitrogen and oxygen atoms in total. The Kier molecular flexibility index (Phi) is 4.67. The van der Waals surface area contributed by atoms with Gasteiger partial charge in [0.1, 0.15) is 0 Å². The summed E-state index contributed by atoms with van der Waals surface area (Å²) in [7, 11) is 0. The van der Waals surface area contributed by atoms with Crippen molar-refractivity contribution in [3.05, 3.63) is 27.7 Å². The molecule has 0 bridgehead atoms. The highest BCUT2D eigenvalue weighted by Gasteiger charge is 2.05. The van der Waals surface area contributed by atoms with Gasteiger partial charge in [-0.2, -0.15) is 11.8 Å². The van der Waals surface area contributed by atoms with E-state index in [4.69, 9.17) is 0 Å². The summed E-state index contributed by atoms with van der Waals surface area (Å²) in [6, 6.07) is 3.94. The first kappa shape index (κ1) is 12.6. The molecule has 0 spiro atoms. The van der Waals surface area contributed by atoms with Gasteiger partial charge in [-0.15, -0.1) is 0 Å². The van der Waals surface area contributed by atoms with Gasteiger partial charge in [0.25, 0.3) is 0 Å². The zero-order valence-electron chi connectivity index (χ0n) is 9.06. The van der Waals surface area contributed by atoms with Crippen molar-refractivity contribution in [2.24, 2.45) is 0 Å². The summed E-state index contributed by atoms with van der Waals surface area (Å²) in [5.41, 5.74) is 3.14. The molecule has 0 radical (unpaired) electrons. The highest BCUT2D eigenvalue weighted by atomic mass is 79.9. The van der Waals surface area contributed by atoms with E-state index in [1.165, 1.54) is 11.8 Å². The number of thioether (sulfide) groups is 1. The molecule has 0 heterocycles. The number of hydrogen-bond acceptors (Lipinski definition) is 2. The molecule has 0 aliphatic heterocycles. The number of halogens is 1. The first-order valence-corrected chi connectivity index (χ1v) is 6.79. The van der Waals surface area contributed by atoms with Crippen LogP contribution in [-0.4, -0.2) is 17.9 Å². The molecule has 0 saturated heterocycles. The maximum Gasteiger partial charge on any atom is 0.234 e. The predicted octanol–water partition coefficient (Wildman–Crippen LogP) is 3.37. The van der Waals surface area contributed by atoms with Crippen molar-refractivity contribution >= 4 is 39.3 Å². The van der Waals surface area contributed by atoms with E-state index in [9.17, 15) is 4.79 Å². The predicted molar refractivity (Wildman–Crippen MR) is 70.6 cm³/mol. The molecule has 82 valence electrons. The minimum absolute atomic E-state index is 0.0450. The molecular formula is C11H14BrNOS. The fraction of sp³-hybridized carbons (Fsp3) is 0.364. The fourth-order valence-corrected chi connectivity index (χ4v) is 1.91. The molecule has 0 aromatic heterocycles. The van der Waals surface area contributed by atoms with Crippen LogP contribution in [0.4, 0.5) is 5.69 Å². The second-order valence-electron chi connectivity index (χ2n) is 3.41. The molecule has 15 heavy (non-hydrogen) atoms. The Hall–Kier alpha value is -0.480. The summed E-state index contributed by atoms with van der Waals surface area (Å²) in [5.74, 6) is 0.539. The Labute approximate surface area is 103 Å². The van der Waals surface area contributed by atoms with Crippen LogP contribution >= 0.6 is 27.7 Å². The molecule has 0 aliphatic carbocycles. The molecule has 0 saturated carbocycles. The lowest BCUT2D eigenvalue weighted by atomic mass is 10.1. The first-order chi connectivity index (χ1) is 7.04. The number of benzene rings is 1. The van der Waals surface area contributed by atoms with E-state index in [0.29, 0.717) is 5.75 Å². The van der Waals surface area contributed by atoms with Crippen molar-refractivity contribution < 1.29 is 4.79 Å². The molecular weight excluding hydrogens is 274 g/mol. The van der Waals surface area contributed by atoms with Crippen molar-refractivity contribution in [2.45, 2.75) is 13.8 Å². The summed E-state index contributed by atoms with van der Waals surface area (Å²) >= 11 is 5.01. The van der Waals surface area contributed by atoms with Crippen LogP contribution in [0.25, 0.3) is 0 Å².